The lowest BCUT2D eigenvalue weighted by Crippen LogP contribution is -2.34. The zero-order valence-corrected chi connectivity index (χ0v) is 13.9. The van der Waals surface area contributed by atoms with E-state index >= 15 is 0 Å². The van der Waals surface area contributed by atoms with E-state index in [9.17, 15) is 35.9 Å². The standard InChI is InChI=1S/C17H16F6N2O2/c18-16(19,20)12-7-10(8-13(9-12)17(21,22)23)1-4-14(26)24-5-6-25-15(27)11-2-3-11/h1,4,7-9,11H,2-3,5-6H2,(H,24,26)(H,25,27)/b4-1+. The summed E-state index contributed by atoms with van der Waals surface area (Å²) in [6, 6.07) is 1.06. The predicted molar refractivity (Wildman–Crippen MR) is 84.2 cm³/mol. The van der Waals surface area contributed by atoms with E-state index < -0.39 is 35.0 Å². The van der Waals surface area contributed by atoms with Gasteiger partial charge in [-0.05, 0) is 42.7 Å². The lowest BCUT2D eigenvalue weighted by atomic mass is 10.0. The number of benzene rings is 1. The molecule has 0 spiro atoms. The molecule has 2 amide bonds. The van der Waals surface area contributed by atoms with Crippen molar-refractivity contribution in [3.8, 4) is 0 Å². The lowest BCUT2D eigenvalue weighted by Gasteiger charge is -2.12. The highest BCUT2D eigenvalue weighted by Gasteiger charge is 2.36. The number of amides is 2. The van der Waals surface area contributed by atoms with Crippen molar-refractivity contribution in [3.63, 3.8) is 0 Å². The summed E-state index contributed by atoms with van der Waals surface area (Å²) in [6.45, 7) is 0.259. The summed E-state index contributed by atoms with van der Waals surface area (Å²) >= 11 is 0. The van der Waals surface area contributed by atoms with Crippen molar-refractivity contribution in [2.75, 3.05) is 13.1 Å². The minimum Gasteiger partial charge on any atom is -0.354 e. The first-order chi connectivity index (χ1) is 12.5. The maximum atomic E-state index is 12.8. The number of carbonyl (C=O) groups excluding carboxylic acids is 2. The summed E-state index contributed by atoms with van der Waals surface area (Å²) in [6.07, 6.45) is -6.55. The van der Waals surface area contributed by atoms with Gasteiger partial charge >= 0.3 is 12.4 Å². The molecule has 0 aliphatic heterocycles. The fourth-order valence-corrected chi connectivity index (χ4v) is 2.17. The lowest BCUT2D eigenvalue weighted by molar-refractivity contribution is -0.143. The number of hydrogen-bond acceptors (Lipinski definition) is 2. The van der Waals surface area contributed by atoms with Crippen LogP contribution in [0.3, 0.4) is 0 Å². The highest BCUT2D eigenvalue weighted by atomic mass is 19.4. The first kappa shape index (κ1) is 20.8. The molecule has 0 bridgehead atoms. The van der Waals surface area contributed by atoms with Crippen LogP contribution in [0.5, 0.6) is 0 Å². The molecular formula is C17H16F6N2O2. The Morgan fingerprint density at radius 1 is 0.926 bits per heavy atom. The Bertz CT molecular complexity index is 704. The van der Waals surface area contributed by atoms with Crippen LogP contribution < -0.4 is 10.6 Å². The summed E-state index contributed by atoms with van der Waals surface area (Å²) < 4.78 is 76.6. The number of halogens is 6. The topological polar surface area (TPSA) is 58.2 Å². The molecule has 2 rings (SSSR count). The summed E-state index contributed by atoms with van der Waals surface area (Å²) in [5, 5.41) is 4.97. The second kappa shape index (κ2) is 8.01. The van der Waals surface area contributed by atoms with Crippen LogP contribution in [0.2, 0.25) is 0 Å². The first-order valence-electron chi connectivity index (χ1n) is 8.00. The van der Waals surface area contributed by atoms with Crippen molar-refractivity contribution in [3.05, 3.63) is 41.0 Å². The van der Waals surface area contributed by atoms with E-state index in [0.29, 0.717) is 12.1 Å². The Labute approximate surface area is 150 Å². The predicted octanol–water partition coefficient (Wildman–Crippen LogP) is 3.38. The Kier molecular flexibility index (Phi) is 6.17. The molecule has 1 aromatic carbocycles. The second-order valence-corrected chi connectivity index (χ2v) is 6.03. The van der Waals surface area contributed by atoms with Gasteiger partial charge in [0.05, 0.1) is 11.1 Å². The highest BCUT2D eigenvalue weighted by molar-refractivity contribution is 5.91. The zero-order chi connectivity index (χ0) is 20.2. The monoisotopic (exact) mass is 394 g/mol. The molecule has 0 saturated heterocycles. The number of hydrogen-bond donors (Lipinski definition) is 2. The summed E-state index contributed by atoms with van der Waals surface area (Å²) in [5.41, 5.74) is -3.32. The number of rotatable bonds is 6. The molecule has 148 valence electrons. The number of alkyl halides is 6. The first-order valence-corrected chi connectivity index (χ1v) is 8.00. The SMILES string of the molecule is O=C(/C=C/c1cc(C(F)(F)F)cc(C(F)(F)F)c1)NCCNC(=O)C1CC1. The molecule has 27 heavy (non-hydrogen) atoms. The average Bonchev–Trinajstić information content (AvgIpc) is 3.40. The van der Waals surface area contributed by atoms with Gasteiger partial charge in [0.25, 0.3) is 0 Å². The number of carbonyl (C=O) groups is 2. The Hall–Kier alpha value is -2.52. The molecule has 1 fully saturated rings. The molecule has 0 radical (unpaired) electrons. The summed E-state index contributed by atoms with van der Waals surface area (Å²) in [4.78, 5) is 23.0. The molecule has 0 aromatic heterocycles. The smallest absolute Gasteiger partial charge is 0.354 e. The fraction of sp³-hybridized carbons (Fsp3) is 0.412. The molecule has 10 heteroatoms. The Balaban J connectivity index is 1.97. The Morgan fingerprint density at radius 2 is 1.44 bits per heavy atom. The molecule has 0 atom stereocenters. The molecule has 1 aliphatic carbocycles. The van der Waals surface area contributed by atoms with Gasteiger partial charge in [-0.3, -0.25) is 9.59 Å². The van der Waals surface area contributed by atoms with Crippen LogP contribution in [-0.4, -0.2) is 24.9 Å². The largest absolute Gasteiger partial charge is 0.416 e. The van der Waals surface area contributed by atoms with E-state index in [4.69, 9.17) is 0 Å². The maximum absolute atomic E-state index is 12.8. The van der Waals surface area contributed by atoms with Crippen LogP contribution in [0.4, 0.5) is 26.3 Å². The van der Waals surface area contributed by atoms with Crippen molar-refractivity contribution < 1.29 is 35.9 Å². The van der Waals surface area contributed by atoms with Crippen LogP contribution >= 0.6 is 0 Å². The van der Waals surface area contributed by atoms with Gasteiger partial charge in [0.2, 0.25) is 11.8 Å². The zero-order valence-electron chi connectivity index (χ0n) is 13.9. The molecular weight excluding hydrogens is 378 g/mol. The third-order valence-corrected chi connectivity index (χ3v) is 3.71. The van der Waals surface area contributed by atoms with Gasteiger partial charge in [0.15, 0.2) is 0 Å². The van der Waals surface area contributed by atoms with Gasteiger partial charge in [-0.25, -0.2) is 0 Å². The van der Waals surface area contributed by atoms with Crippen molar-refractivity contribution in [2.45, 2.75) is 25.2 Å². The fourth-order valence-electron chi connectivity index (χ4n) is 2.17. The van der Waals surface area contributed by atoms with Gasteiger partial charge in [0, 0.05) is 25.1 Å². The van der Waals surface area contributed by atoms with E-state index in [-0.39, 0.29) is 31.0 Å². The Morgan fingerprint density at radius 3 is 1.93 bits per heavy atom. The molecule has 1 saturated carbocycles. The van der Waals surface area contributed by atoms with E-state index in [0.717, 1.165) is 25.0 Å². The van der Waals surface area contributed by atoms with E-state index in [1.54, 1.807) is 0 Å². The quantitative estimate of drug-likeness (QED) is 0.442. The highest BCUT2D eigenvalue weighted by Crippen LogP contribution is 2.36. The van der Waals surface area contributed by atoms with Gasteiger partial charge < -0.3 is 10.6 Å². The van der Waals surface area contributed by atoms with Gasteiger partial charge in [-0.1, -0.05) is 0 Å². The second-order valence-electron chi connectivity index (χ2n) is 6.03. The minimum atomic E-state index is -4.95. The van der Waals surface area contributed by atoms with Crippen LogP contribution in [0.15, 0.2) is 24.3 Å². The molecule has 1 aliphatic rings. The third-order valence-electron chi connectivity index (χ3n) is 3.71. The minimum absolute atomic E-state index is 0.0138. The number of nitrogens with one attached hydrogen (secondary N) is 2. The van der Waals surface area contributed by atoms with Crippen LogP contribution in [0, 0.1) is 5.92 Å². The van der Waals surface area contributed by atoms with Crippen molar-refractivity contribution in [1.29, 1.82) is 0 Å². The van der Waals surface area contributed by atoms with Gasteiger partial charge in [-0.2, -0.15) is 26.3 Å². The van der Waals surface area contributed by atoms with Gasteiger partial charge in [0.1, 0.15) is 0 Å². The maximum Gasteiger partial charge on any atom is 0.416 e. The van der Waals surface area contributed by atoms with Gasteiger partial charge in [-0.15, -0.1) is 0 Å². The molecule has 0 heterocycles. The molecule has 2 N–H and O–H groups in total. The summed E-state index contributed by atoms with van der Waals surface area (Å²) in [7, 11) is 0. The molecule has 0 unspecified atom stereocenters. The normalized spacial score (nSPS) is 15.0. The third kappa shape index (κ3) is 6.61. The van der Waals surface area contributed by atoms with Crippen molar-refractivity contribution in [1.82, 2.24) is 10.6 Å². The molecule has 4 nitrogen and oxygen atoms in total. The van der Waals surface area contributed by atoms with Crippen LogP contribution in [-0.2, 0) is 21.9 Å². The summed E-state index contributed by atoms with van der Waals surface area (Å²) in [5.74, 6) is -0.797. The average molecular weight is 394 g/mol. The van der Waals surface area contributed by atoms with Crippen LogP contribution in [0.1, 0.15) is 29.5 Å². The van der Waals surface area contributed by atoms with E-state index in [2.05, 4.69) is 10.6 Å². The molecule has 1 aromatic rings. The van der Waals surface area contributed by atoms with E-state index in [1.807, 2.05) is 0 Å². The van der Waals surface area contributed by atoms with Crippen molar-refractivity contribution in [2.24, 2.45) is 5.92 Å². The van der Waals surface area contributed by atoms with Crippen LogP contribution in [0.25, 0.3) is 6.08 Å². The van der Waals surface area contributed by atoms with Crippen molar-refractivity contribution >= 4 is 17.9 Å². The van der Waals surface area contributed by atoms with E-state index in [1.165, 1.54) is 0 Å².